The molecule has 3 heterocycles. The summed E-state index contributed by atoms with van der Waals surface area (Å²) in [5, 5.41) is 11.1. The average Bonchev–Trinajstić information content (AvgIpc) is 3.23. The van der Waals surface area contributed by atoms with Crippen molar-refractivity contribution in [1.82, 2.24) is 9.55 Å². The van der Waals surface area contributed by atoms with Gasteiger partial charge in [0.15, 0.2) is 17.5 Å². The summed E-state index contributed by atoms with van der Waals surface area (Å²) in [6.07, 6.45) is 0.677. The number of aromatic hydroxyl groups is 1. The number of rotatable bonds is 3. The largest absolute Gasteiger partial charge is 0.494 e. The van der Waals surface area contributed by atoms with Crippen molar-refractivity contribution in [3.8, 4) is 28.8 Å². The quantitative estimate of drug-likeness (QED) is 0.538. The fourth-order valence-electron chi connectivity index (χ4n) is 4.57. The SMILES string of the molecule is COc1c2c(cc3c1[C@H](c1c(O)n(-c4ccccc4F)c(=O)[nH]c1=O)[NH+](C)CC3)OCO2. The molecule has 2 aliphatic heterocycles. The molecule has 1 unspecified atom stereocenters. The van der Waals surface area contributed by atoms with E-state index in [1.54, 1.807) is 0 Å². The first-order valence-electron chi connectivity index (χ1n) is 10.1. The number of fused-ring (bicyclic) bond motifs is 2. The molecule has 5 rings (SSSR count). The summed E-state index contributed by atoms with van der Waals surface area (Å²) in [7, 11) is 3.36. The number of nitrogens with zero attached hydrogens (tertiary/aromatic N) is 1. The zero-order chi connectivity index (χ0) is 22.6. The second kappa shape index (κ2) is 7.41. The van der Waals surface area contributed by atoms with Gasteiger partial charge in [-0.25, -0.2) is 13.8 Å². The fourth-order valence-corrected chi connectivity index (χ4v) is 4.57. The zero-order valence-corrected chi connectivity index (χ0v) is 17.4. The molecule has 0 fully saturated rings. The van der Waals surface area contributed by atoms with Crippen LogP contribution < -0.4 is 30.4 Å². The van der Waals surface area contributed by atoms with Crippen LogP contribution in [0.2, 0.25) is 0 Å². The number of aromatic amines is 1. The lowest BCUT2D eigenvalue weighted by Gasteiger charge is -2.33. The number of likely N-dealkylation sites (N-methyl/N-ethyl adjacent to an activating group) is 1. The number of hydrogen-bond donors (Lipinski definition) is 3. The molecule has 0 bridgehead atoms. The Morgan fingerprint density at radius 2 is 2.03 bits per heavy atom. The smallest absolute Gasteiger partial charge is 0.335 e. The second-order valence-electron chi connectivity index (χ2n) is 7.78. The van der Waals surface area contributed by atoms with E-state index in [0.29, 0.717) is 35.8 Å². The number of quaternary nitrogens is 1. The van der Waals surface area contributed by atoms with Gasteiger partial charge in [0.25, 0.3) is 5.56 Å². The number of aromatic nitrogens is 2. The highest BCUT2D eigenvalue weighted by atomic mass is 19.1. The summed E-state index contributed by atoms with van der Waals surface area (Å²) in [5.74, 6) is 0.0357. The number of ether oxygens (including phenoxy) is 3. The van der Waals surface area contributed by atoms with Crippen LogP contribution in [-0.4, -0.2) is 42.2 Å². The lowest BCUT2D eigenvalue weighted by molar-refractivity contribution is -0.908. The predicted molar refractivity (Wildman–Crippen MR) is 111 cm³/mol. The molecule has 3 aromatic rings. The van der Waals surface area contributed by atoms with Crippen LogP contribution in [0.25, 0.3) is 5.69 Å². The number of methoxy groups -OCH3 is 1. The van der Waals surface area contributed by atoms with Crippen molar-refractivity contribution < 1.29 is 28.6 Å². The Balaban J connectivity index is 1.81. The van der Waals surface area contributed by atoms with E-state index < -0.39 is 29.0 Å². The summed E-state index contributed by atoms with van der Waals surface area (Å²) in [4.78, 5) is 28.7. The monoisotopic (exact) mass is 442 g/mol. The van der Waals surface area contributed by atoms with Gasteiger partial charge in [0, 0.05) is 6.42 Å². The van der Waals surface area contributed by atoms with Crippen LogP contribution in [0.5, 0.6) is 23.1 Å². The molecule has 0 amide bonds. The number of nitrogens with one attached hydrogen (secondary N) is 2. The van der Waals surface area contributed by atoms with E-state index in [4.69, 9.17) is 14.2 Å². The molecular formula is C22H21FN3O6+. The molecule has 32 heavy (non-hydrogen) atoms. The van der Waals surface area contributed by atoms with Crippen molar-refractivity contribution in [2.45, 2.75) is 12.5 Å². The first kappa shape index (κ1) is 20.1. The van der Waals surface area contributed by atoms with E-state index in [0.717, 1.165) is 15.0 Å². The van der Waals surface area contributed by atoms with E-state index in [1.807, 2.05) is 13.1 Å². The van der Waals surface area contributed by atoms with Crippen LogP contribution in [0, 0.1) is 5.82 Å². The van der Waals surface area contributed by atoms with Crippen molar-refractivity contribution >= 4 is 0 Å². The van der Waals surface area contributed by atoms with Crippen LogP contribution >= 0.6 is 0 Å². The third-order valence-corrected chi connectivity index (χ3v) is 6.02. The molecule has 0 saturated carbocycles. The molecule has 0 radical (unpaired) electrons. The molecule has 0 aliphatic carbocycles. The van der Waals surface area contributed by atoms with Gasteiger partial charge in [0.05, 0.1) is 32.0 Å². The summed E-state index contributed by atoms with van der Waals surface area (Å²) >= 11 is 0. The number of H-pyrrole nitrogens is 1. The highest BCUT2D eigenvalue weighted by molar-refractivity contribution is 5.63. The molecule has 3 N–H and O–H groups in total. The Morgan fingerprint density at radius 1 is 1.25 bits per heavy atom. The molecular weight excluding hydrogens is 421 g/mol. The highest BCUT2D eigenvalue weighted by Crippen LogP contribution is 2.48. The van der Waals surface area contributed by atoms with Crippen LogP contribution in [0.15, 0.2) is 39.9 Å². The Bertz CT molecular complexity index is 1350. The topological polar surface area (TPSA) is 107 Å². The summed E-state index contributed by atoms with van der Waals surface area (Å²) < 4.78 is 32.0. The molecule has 166 valence electrons. The Labute approximate surface area is 181 Å². The second-order valence-corrected chi connectivity index (χ2v) is 7.78. The molecule has 1 aromatic heterocycles. The zero-order valence-electron chi connectivity index (χ0n) is 17.4. The minimum atomic E-state index is -0.937. The number of benzene rings is 2. The minimum absolute atomic E-state index is 0.0476. The number of halogens is 1. The average molecular weight is 442 g/mol. The predicted octanol–water partition coefficient (Wildman–Crippen LogP) is 0.268. The third kappa shape index (κ3) is 2.87. The van der Waals surface area contributed by atoms with E-state index >= 15 is 0 Å². The van der Waals surface area contributed by atoms with Crippen LogP contribution in [0.3, 0.4) is 0 Å². The van der Waals surface area contributed by atoms with Gasteiger partial charge in [-0.15, -0.1) is 0 Å². The van der Waals surface area contributed by atoms with Gasteiger partial charge in [0.2, 0.25) is 18.4 Å². The molecule has 0 saturated heterocycles. The van der Waals surface area contributed by atoms with Crippen molar-refractivity contribution in [2.75, 3.05) is 27.5 Å². The van der Waals surface area contributed by atoms with Gasteiger partial charge in [-0.2, -0.15) is 0 Å². The number of para-hydroxylation sites is 1. The summed E-state index contributed by atoms with van der Waals surface area (Å²) in [6.45, 7) is 0.685. The maximum Gasteiger partial charge on any atom is 0.335 e. The first-order chi connectivity index (χ1) is 15.4. The van der Waals surface area contributed by atoms with E-state index in [9.17, 15) is 19.1 Å². The van der Waals surface area contributed by atoms with Gasteiger partial charge < -0.3 is 24.2 Å². The molecule has 10 heteroatoms. The maximum atomic E-state index is 14.5. The molecule has 2 aliphatic rings. The third-order valence-electron chi connectivity index (χ3n) is 6.02. The van der Waals surface area contributed by atoms with Crippen molar-refractivity contribution in [3.05, 3.63) is 73.7 Å². The Morgan fingerprint density at radius 3 is 2.78 bits per heavy atom. The highest BCUT2D eigenvalue weighted by Gasteiger charge is 2.41. The van der Waals surface area contributed by atoms with Gasteiger partial charge in [-0.3, -0.25) is 9.78 Å². The van der Waals surface area contributed by atoms with Crippen molar-refractivity contribution in [2.24, 2.45) is 0 Å². The Kier molecular flexibility index (Phi) is 4.66. The van der Waals surface area contributed by atoms with E-state index in [-0.39, 0.29) is 18.0 Å². The minimum Gasteiger partial charge on any atom is -0.494 e. The Hall–Kier alpha value is -3.79. The van der Waals surface area contributed by atoms with Crippen LogP contribution in [0.4, 0.5) is 4.39 Å². The van der Waals surface area contributed by atoms with E-state index in [2.05, 4.69) is 4.98 Å². The van der Waals surface area contributed by atoms with Gasteiger partial charge in [-0.05, 0) is 23.8 Å². The first-order valence-corrected chi connectivity index (χ1v) is 10.1. The molecule has 2 aromatic carbocycles. The summed E-state index contributed by atoms with van der Waals surface area (Å²) in [6, 6.07) is 6.66. The van der Waals surface area contributed by atoms with Crippen LogP contribution in [0.1, 0.15) is 22.7 Å². The lowest BCUT2D eigenvalue weighted by atomic mass is 9.87. The number of hydrogen-bond acceptors (Lipinski definition) is 6. The fraction of sp³-hybridized carbons (Fsp3) is 0.273. The maximum absolute atomic E-state index is 14.5. The van der Waals surface area contributed by atoms with Crippen LogP contribution in [-0.2, 0) is 6.42 Å². The normalized spacial score (nSPS) is 19.0. The lowest BCUT2D eigenvalue weighted by Crippen LogP contribution is -3.10. The molecule has 9 nitrogen and oxygen atoms in total. The van der Waals surface area contributed by atoms with Crippen molar-refractivity contribution in [1.29, 1.82) is 0 Å². The summed E-state index contributed by atoms with van der Waals surface area (Å²) in [5.41, 5.74) is -0.392. The van der Waals surface area contributed by atoms with Gasteiger partial charge in [0.1, 0.15) is 11.4 Å². The van der Waals surface area contributed by atoms with Crippen molar-refractivity contribution in [3.63, 3.8) is 0 Å². The van der Waals surface area contributed by atoms with E-state index in [1.165, 1.54) is 31.4 Å². The van der Waals surface area contributed by atoms with Gasteiger partial charge >= 0.3 is 5.69 Å². The molecule has 2 atom stereocenters. The standard InChI is InChI=1S/C22H20FN3O6/c1-25-8-7-11-9-14-18(32-10-31-14)19(30-2)15(11)17(25)16-20(27)24-22(29)26(21(16)28)13-6-4-3-5-12(13)23/h3-6,9,17,28H,7-8,10H2,1-2H3,(H,24,27,29)/p+1/t17-/m1/s1. The molecule has 0 spiro atoms. The van der Waals surface area contributed by atoms with Gasteiger partial charge in [-0.1, -0.05) is 12.1 Å².